The van der Waals surface area contributed by atoms with Gasteiger partial charge in [0.05, 0.1) is 12.2 Å². The predicted octanol–water partition coefficient (Wildman–Crippen LogP) is 4.13. The smallest absolute Gasteiger partial charge is 0.107 e. The van der Waals surface area contributed by atoms with Crippen LogP contribution < -0.4 is 5.32 Å². The monoisotopic (exact) mass is 426 g/mol. The zero-order valence-electron chi connectivity index (χ0n) is 15.9. The van der Waals surface area contributed by atoms with Crippen LogP contribution in [0, 0.1) is 0 Å². The molecule has 2 aliphatic rings. The summed E-state index contributed by atoms with van der Waals surface area (Å²) >= 11 is 8.14. The maximum Gasteiger partial charge on any atom is 0.107 e. The largest absolute Gasteiger partial charge is 0.314 e. The third-order valence-electron chi connectivity index (χ3n) is 5.46. The van der Waals surface area contributed by atoms with Crippen molar-refractivity contribution < 1.29 is 0 Å². The highest BCUT2D eigenvalue weighted by atomic mass is 35.5. The van der Waals surface area contributed by atoms with Crippen LogP contribution in [-0.4, -0.2) is 47.0 Å². The van der Waals surface area contributed by atoms with Crippen molar-refractivity contribution >= 4 is 35.3 Å². The fourth-order valence-corrected chi connectivity index (χ4v) is 5.29. The molecule has 3 heterocycles. The van der Waals surface area contributed by atoms with E-state index in [0.29, 0.717) is 12.1 Å². The van der Waals surface area contributed by atoms with E-state index in [1.54, 1.807) is 0 Å². The van der Waals surface area contributed by atoms with Gasteiger partial charge in [-0.2, -0.15) is 0 Å². The number of fused-ring (bicyclic) bond motifs is 1. The fourth-order valence-electron chi connectivity index (χ4n) is 3.93. The normalized spacial score (nSPS) is 21.1. The number of benzene rings is 1. The molecular formula is C20H28Cl2N4S. The molecule has 1 N–H and O–H groups in total. The lowest BCUT2D eigenvalue weighted by Crippen LogP contribution is -2.45. The molecule has 0 saturated carbocycles. The Morgan fingerprint density at radius 3 is 2.96 bits per heavy atom. The molecule has 2 aliphatic heterocycles. The molecule has 1 fully saturated rings. The van der Waals surface area contributed by atoms with Gasteiger partial charge in [0, 0.05) is 61.1 Å². The molecule has 4 nitrogen and oxygen atoms in total. The maximum absolute atomic E-state index is 6.23. The number of nitrogens with zero attached hydrogens (tertiary/aromatic N) is 3. The number of aromatic nitrogens is 1. The van der Waals surface area contributed by atoms with Crippen molar-refractivity contribution in [2.45, 2.75) is 45.4 Å². The summed E-state index contributed by atoms with van der Waals surface area (Å²) in [4.78, 5) is 11.5. The van der Waals surface area contributed by atoms with Gasteiger partial charge in [-0.25, -0.2) is 4.98 Å². The first-order valence-corrected chi connectivity index (χ1v) is 10.7. The lowest BCUT2D eigenvalue weighted by atomic mass is 10.0. The van der Waals surface area contributed by atoms with E-state index in [9.17, 15) is 0 Å². The molecule has 1 saturated heterocycles. The second-order valence-corrected chi connectivity index (χ2v) is 9.14. The van der Waals surface area contributed by atoms with Crippen molar-refractivity contribution in [2.24, 2.45) is 0 Å². The zero-order valence-corrected chi connectivity index (χ0v) is 18.3. The summed E-state index contributed by atoms with van der Waals surface area (Å²) < 4.78 is 0. The van der Waals surface area contributed by atoms with Crippen molar-refractivity contribution in [3.05, 3.63) is 50.4 Å². The van der Waals surface area contributed by atoms with Gasteiger partial charge in [0.2, 0.25) is 0 Å². The highest BCUT2D eigenvalue weighted by Crippen LogP contribution is 2.30. The third-order valence-corrected chi connectivity index (χ3v) is 6.76. The number of thiazole rings is 1. The molecule has 1 unspecified atom stereocenters. The number of piperazine rings is 1. The summed E-state index contributed by atoms with van der Waals surface area (Å²) in [5, 5.41) is 5.60. The van der Waals surface area contributed by atoms with Gasteiger partial charge in [-0.15, -0.1) is 23.7 Å². The fraction of sp³-hybridized carbons (Fsp3) is 0.550. The van der Waals surface area contributed by atoms with Crippen LogP contribution in [0.1, 0.15) is 41.0 Å². The minimum absolute atomic E-state index is 0. The molecule has 7 heteroatoms. The molecule has 2 aromatic rings. The van der Waals surface area contributed by atoms with Crippen LogP contribution >= 0.6 is 35.3 Å². The Morgan fingerprint density at radius 1 is 1.33 bits per heavy atom. The van der Waals surface area contributed by atoms with Crippen molar-refractivity contribution in [2.75, 3.05) is 26.2 Å². The number of hydrogen-bond acceptors (Lipinski definition) is 5. The Kier molecular flexibility index (Phi) is 7.17. The molecule has 0 bridgehead atoms. The quantitative estimate of drug-likeness (QED) is 0.795. The number of nitrogens with one attached hydrogen (secondary N) is 1. The zero-order chi connectivity index (χ0) is 18.1. The summed E-state index contributed by atoms with van der Waals surface area (Å²) in [6, 6.07) is 9.24. The third kappa shape index (κ3) is 4.84. The summed E-state index contributed by atoms with van der Waals surface area (Å²) in [6.07, 6.45) is 1.09. The summed E-state index contributed by atoms with van der Waals surface area (Å²) in [7, 11) is 0. The standard InChI is InChI=1S/C20H27ClN4S.ClH/c1-14(2)24-8-6-17-19(12-24)26-20(23-17)13-25-9-7-22-11-18(25)15-4-3-5-16(21)10-15;/h3-5,10,14,18,22H,6-9,11-13H2,1-2H3;1H. The molecule has 1 aromatic heterocycles. The first-order chi connectivity index (χ1) is 12.6. The van der Waals surface area contributed by atoms with Crippen LogP contribution in [0.25, 0.3) is 0 Å². The average molecular weight is 427 g/mol. The lowest BCUT2D eigenvalue weighted by molar-refractivity contribution is 0.153. The Bertz CT molecular complexity index is 764. The lowest BCUT2D eigenvalue weighted by Gasteiger charge is -2.36. The van der Waals surface area contributed by atoms with E-state index in [1.165, 1.54) is 21.1 Å². The van der Waals surface area contributed by atoms with Crippen molar-refractivity contribution in [3.63, 3.8) is 0 Å². The minimum Gasteiger partial charge on any atom is -0.314 e. The predicted molar refractivity (Wildman–Crippen MR) is 116 cm³/mol. The van der Waals surface area contributed by atoms with Gasteiger partial charge in [0.1, 0.15) is 5.01 Å². The highest BCUT2D eigenvalue weighted by Gasteiger charge is 2.27. The molecule has 1 aromatic carbocycles. The van der Waals surface area contributed by atoms with Gasteiger partial charge in [0.15, 0.2) is 0 Å². The SMILES string of the molecule is CC(C)N1CCc2nc(CN3CCNCC3c3cccc(Cl)c3)sc2C1.Cl. The van der Waals surface area contributed by atoms with Crippen molar-refractivity contribution in [1.29, 1.82) is 0 Å². The summed E-state index contributed by atoms with van der Waals surface area (Å²) in [5.74, 6) is 0. The average Bonchev–Trinajstić information content (AvgIpc) is 3.03. The van der Waals surface area contributed by atoms with E-state index < -0.39 is 0 Å². The Morgan fingerprint density at radius 2 is 2.19 bits per heavy atom. The van der Waals surface area contributed by atoms with Crippen molar-refractivity contribution in [1.82, 2.24) is 20.1 Å². The summed E-state index contributed by atoms with van der Waals surface area (Å²) in [6.45, 7) is 10.7. The molecule has 148 valence electrons. The molecule has 1 atom stereocenters. The topological polar surface area (TPSA) is 31.4 Å². The van der Waals surface area contributed by atoms with Crippen LogP contribution in [0.5, 0.6) is 0 Å². The van der Waals surface area contributed by atoms with Gasteiger partial charge in [0.25, 0.3) is 0 Å². The van der Waals surface area contributed by atoms with Crippen LogP contribution in [-0.2, 0) is 19.5 Å². The van der Waals surface area contributed by atoms with E-state index >= 15 is 0 Å². The number of rotatable bonds is 4. The second-order valence-electron chi connectivity index (χ2n) is 7.54. The van der Waals surface area contributed by atoms with Gasteiger partial charge in [-0.3, -0.25) is 9.80 Å². The maximum atomic E-state index is 6.23. The highest BCUT2D eigenvalue weighted by molar-refractivity contribution is 7.11. The van der Waals surface area contributed by atoms with Gasteiger partial charge < -0.3 is 5.32 Å². The van der Waals surface area contributed by atoms with E-state index in [1.807, 2.05) is 23.5 Å². The molecule has 4 rings (SSSR count). The van der Waals surface area contributed by atoms with E-state index in [2.05, 4.69) is 41.1 Å². The first-order valence-electron chi connectivity index (χ1n) is 9.52. The molecule has 0 amide bonds. The minimum atomic E-state index is 0. The van der Waals surface area contributed by atoms with Gasteiger partial charge in [-0.1, -0.05) is 23.7 Å². The number of halogens is 2. The van der Waals surface area contributed by atoms with Crippen LogP contribution in [0.15, 0.2) is 24.3 Å². The summed E-state index contributed by atoms with van der Waals surface area (Å²) in [5.41, 5.74) is 2.62. The molecule has 0 aliphatic carbocycles. The van der Waals surface area contributed by atoms with E-state index in [0.717, 1.165) is 50.7 Å². The second kappa shape index (κ2) is 9.21. The Balaban J connectivity index is 0.00000210. The van der Waals surface area contributed by atoms with Crippen LogP contribution in [0.3, 0.4) is 0 Å². The van der Waals surface area contributed by atoms with E-state index in [4.69, 9.17) is 16.6 Å². The Hall–Kier alpha value is -0.690. The molecule has 0 spiro atoms. The Labute approximate surface area is 177 Å². The molecular weight excluding hydrogens is 399 g/mol. The number of hydrogen-bond donors (Lipinski definition) is 1. The van der Waals surface area contributed by atoms with Crippen LogP contribution in [0.2, 0.25) is 5.02 Å². The molecule has 27 heavy (non-hydrogen) atoms. The molecule has 0 radical (unpaired) electrons. The van der Waals surface area contributed by atoms with E-state index in [-0.39, 0.29) is 12.4 Å². The van der Waals surface area contributed by atoms with Crippen LogP contribution in [0.4, 0.5) is 0 Å². The van der Waals surface area contributed by atoms with Gasteiger partial charge >= 0.3 is 0 Å². The first kappa shape index (κ1) is 21.0. The van der Waals surface area contributed by atoms with Gasteiger partial charge in [-0.05, 0) is 31.5 Å². The van der Waals surface area contributed by atoms with Crippen molar-refractivity contribution in [3.8, 4) is 0 Å².